The smallest absolute Gasteiger partial charge is 0.333 e. The molecule has 0 spiro atoms. The summed E-state index contributed by atoms with van der Waals surface area (Å²) in [6, 6.07) is 0. The maximum Gasteiger partial charge on any atom is 0.333 e. The molecule has 0 aromatic heterocycles. The second kappa shape index (κ2) is 4.81. The van der Waals surface area contributed by atoms with E-state index in [-0.39, 0.29) is 11.6 Å². The molecule has 4 aliphatic rings. The molecular formula is C17H24O2. The van der Waals surface area contributed by atoms with Gasteiger partial charge in [0.1, 0.15) is 5.60 Å². The lowest BCUT2D eigenvalue weighted by atomic mass is 9.54. The van der Waals surface area contributed by atoms with Crippen LogP contribution in [0.2, 0.25) is 0 Å². The molecule has 0 aliphatic heterocycles. The Bertz CT molecular complexity index is 384. The van der Waals surface area contributed by atoms with Crippen molar-refractivity contribution in [1.82, 2.24) is 0 Å². The molecule has 4 rings (SSSR count). The third kappa shape index (κ3) is 2.50. The molecule has 0 unspecified atom stereocenters. The largest absolute Gasteiger partial charge is 0.456 e. The van der Waals surface area contributed by atoms with Gasteiger partial charge in [0.2, 0.25) is 0 Å². The lowest BCUT2D eigenvalue weighted by molar-refractivity contribution is -0.182. The van der Waals surface area contributed by atoms with E-state index in [1.807, 2.05) is 19.1 Å². The number of carbonyl (C=O) groups excluding carboxylic acids is 1. The molecule has 4 aliphatic carbocycles. The Labute approximate surface area is 115 Å². The van der Waals surface area contributed by atoms with Gasteiger partial charge in [-0.3, -0.25) is 0 Å². The van der Waals surface area contributed by atoms with Gasteiger partial charge in [-0.15, -0.1) is 6.58 Å². The van der Waals surface area contributed by atoms with Gasteiger partial charge < -0.3 is 4.74 Å². The van der Waals surface area contributed by atoms with E-state index in [1.165, 1.54) is 19.3 Å². The Hall–Kier alpha value is -1.05. The van der Waals surface area contributed by atoms with Crippen LogP contribution < -0.4 is 0 Å². The molecule has 19 heavy (non-hydrogen) atoms. The monoisotopic (exact) mass is 260 g/mol. The molecule has 0 amide bonds. The lowest BCUT2D eigenvalue weighted by Crippen LogP contribution is -2.52. The average molecular weight is 260 g/mol. The highest BCUT2D eigenvalue weighted by Gasteiger charge is 2.53. The van der Waals surface area contributed by atoms with Crippen molar-refractivity contribution in [2.45, 2.75) is 57.5 Å². The van der Waals surface area contributed by atoms with E-state index in [9.17, 15) is 4.79 Å². The summed E-state index contributed by atoms with van der Waals surface area (Å²) in [6.07, 6.45) is 11.9. The Balaban J connectivity index is 1.69. The van der Waals surface area contributed by atoms with Crippen molar-refractivity contribution in [3.8, 4) is 0 Å². The van der Waals surface area contributed by atoms with Crippen molar-refractivity contribution in [3.05, 3.63) is 24.3 Å². The maximum atomic E-state index is 12.2. The van der Waals surface area contributed by atoms with Gasteiger partial charge in [-0.05, 0) is 69.6 Å². The quantitative estimate of drug-likeness (QED) is 0.433. The summed E-state index contributed by atoms with van der Waals surface area (Å²) in [5.41, 5.74) is 0.616. The zero-order valence-electron chi connectivity index (χ0n) is 11.9. The van der Waals surface area contributed by atoms with E-state index in [1.54, 1.807) is 0 Å². The van der Waals surface area contributed by atoms with E-state index in [0.29, 0.717) is 0 Å². The molecule has 4 fully saturated rings. The second-order valence-corrected chi connectivity index (χ2v) is 6.90. The molecule has 0 atom stereocenters. The molecule has 0 heterocycles. The minimum Gasteiger partial charge on any atom is -0.456 e. The molecular weight excluding hydrogens is 236 g/mol. The third-order valence-corrected chi connectivity index (χ3v) is 5.20. The Morgan fingerprint density at radius 3 is 2.21 bits per heavy atom. The van der Waals surface area contributed by atoms with Crippen LogP contribution in [-0.2, 0) is 9.53 Å². The fraction of sp³-hybridized carbons (Fsp3) is 0.706. The SMILES string of the molecule is C=CCC=C(C)C(=O)OC12CC3CC(CC(C3)C1)C2. The van der Waals surface area contributed by atoms with Crippen LogP contribution in [0.1, 0.15) is 51.9 Å². The Morgan fingerprint density at radius 1 is 1.21 bits per heavy atom. The maximum absolute atomic E-state index is 12.2. The summed E-state index contributed by atoms with van der Waals surface area (Å²) in [4.78, 5) is 12.2. The first-order valence-corrected chi connectivity index (χ1v) is 7.61. The van der Waals surface area contributed by atoms with Crippen molar-refractivity contribution in [3.63, 3.8) is 0 Å². The molecule has 0 aromatic rings. The van der Waals surface area contributed by atoms with Crippen LogP contribution in [0.5, 0.6) is 0 Å². The Kier molecular flexibility index (Phi) is 3.28. The minimum absolute atomic E-state index is 0.108. The van der Waals surface area contributed by atoms with Crippen molar-refractivity contribution in [2.75, 3.05) is 0 Å². The van der Waals surface area contributed by atoms with E-state index in [0.717, 1.165) is 49.0 Å². The summed E-state index contributed by atoms with van der Waals surface area (Å²) < 4.78 is 5.97. The van der Waals surface area contributed by atoms with Crippen molar-refractivity contribution in [1.29, 1.82) is 0 Å². The molecule has 104 valence electrons. The standard InChI is InChI=1S/C17H24O2/c1-3-4-5-12(2)16(18)19-17-9-13-6-14(10-17)8-15(7-13)11-17/h3,5,13-15H,1,4,6-11H2,2H3. The summed E-state index contributed by atoms with van der Waals surface area (Å²) >= 11 is 0. The lowest BCUT2D eigenvalue weighted by Gasteiger charge is -2.55. The fourth-order valence-corrected chi connectivity index (χ4v) is 4.78. The van der Waals surface area contributed by atoms with Gasteiger partial charge in [0.05, 0.1) is 0 Å². The van der Waals surface area contributed by atoms with Gasteiger partial charge >= 0.3 is 5.97 Å². The van der Waals surface area contributed by atoms with Gasteiger partial charge in [-0.2, -0.15) is 0 Å². The predicted molar refractivity (Wildman–Crippen MR) is 75.6 cm³/mol. The molecule has 2 heteroatoms. The van der Waals surface area contributed by atoms with Crippen LogP contribution in [0.25, 0.3) is 0 Å². The first kappa shape index (κ1) is 13.0. The highest BCUT2D eigenvalue weighted by Crippen LogP contribution is 2.57. The van der Waals surface area contributed by atoms with Crippen LogP contribution in [0.15, 0.2) is 24.3 Å². The normalized spacial score (nSPS) is 40.3. The van der Waals surface area contributed by atoms with Crippen LogP contribution in [0.4, 0.5) is 0 Å². The first-order chi connectivity index (χ1) is 9.10. The van der Waals surface area contributed by atoms with Gasteiger partial charge in [-0.1, -0.05) is 12.2 Å². The van der Waals surface area contributed by atoms with Crippen molar-refractivity contribution in [2.24, 2.45) is 17.8 Å². The average Bonchev–Trinajstić information content (AvgIpc) is 2.33. The molecule has 4 saturated carbocycles. The highest BCUT2D eigenvalue weighted by atomic mass is 16.6. The summed E-state index contributed by atoms with van der Waals surface area (Å²) in [6.45, 7) is 5.53. The molecule has 0 saturated heterocycles. The van der Waals surface area contributed by atoms with E-state index < -0.39 is 0 Å². The first-order valence-electron chi connectivity index (χ1n) is 7.61. The third-order valence-electron chi connectivity index (χ3n) is 5.20. The van der Waals surface area contributed by atoms with Crippen LogP contribution >= 0.6 is 0 Å². The fourth-order valence-electron chi connectivity index (χ4n) is 4.78. The number of rotatable bonds is 4. The van der Waals surface area contributed by atoms with Gasteiger partial charge in [-0.25, -0.2) is 4.79 Å². The predicted octanol–water partition coefficient (Wildman–Crippen LogP) is 4.02. The number of carbonyl (C=O) groups is 1. The summed E-state index contributed by atoms with van der Waals surface area (Å²) in [5, 5.41) is 0. The van der Waals surface area contributed by atoms with Crippen molar-refractivity contribution < 1.29 is 9.53 Å². The van der Waals surface area contributed by atoms with Crippen LogP contribution in [-0.4, -0.2) is 11.6 Å². The van der Waals surface area contributed by atoms with Gasteiger partial charge in [0.15, 0.2) is 0 Å². The number of hydrogen-bond acceptors (Lipinski definition) is 2. The summed E-state index contributed by atoms with van der Waals surface area (Å²) in [5.74, 6) is 2.34. The van der Waals surface area contributed by atoms with Gasteiger partial charge in [0.25, 0.3) is 0 Å². The summed E-state index contributed by atoms with van der Waals surface area (Å²) in [7, 11) is 0. The van der Waals surface area contributed by atoms with Crippen molar-refractivity contribution >= 4 is 5.97 Å². The van der Waals surface area contributed by atoms with Gasteiger partial charge in [0, 0.05) is 5.57 Å². The van der Waals surface area contributed by atoms with E-state index >= 15 is 0 Å². The molecule has 4 bridgehead atoms. The zero-order chi connectivity index (χ0) is 13.5. The number of allylic oxidation sites excluding steroid dienone is 2. The van der Waals surface area contributed by atoms with E-state index in [2.05, 4.69) is 6.58 Å². The molecule has 0 radical (unpaired) electrons. The Morgan fingerprint density at radius 2 is 1.74 bits per heavy atom. The van der Waals surface area contributed by atoms with Crippen LogP contribution in [0.3, 0.4) is 0 Å². The molecule has 0 aromatic carbocycles. The minimum atomic E-state index is -0.116. The number of esters is 1. The highest BCUT2D eigenvalue weighted by molar-refractivity contribution is 5.88. The number of hydrogen-bond donors (Lipinski definition) is 0. The molecule has 2 nitrogen and oxygen atoms in total. The van der Waals surface area contributed by atoms with Crippen LogP contribution in [0, 0.1) is 17.8 Å². The van der Waals surface area contributed by atoms with E-state index in [4.69, 9.17) is 4.74 Å². The number of ether oxygens (including phenoxy) is 1. The second-order valence-electron chi connectivity index (χ2n) is 6.90. The topological polar surface area (TPSA) is 26.3 Å². The molecule has 0 N–H and O–H groups in total. The zero-order valence-corrected chi connectivity index (χ0v) is 11.9.